The molecule has 0 saturated carbocycles. The predicted octanol–water partition coefficient (Wildman–Crippen LogP) is 4.61. The summed E-state index contributed by atoms with van der Waals surface area (Å²) in [4.78, 5) is 13.2. The van der Waals surface area contributed by atoms with Gasteiger partial charge in [0.1, 0.15) is 14.5 Å². The van der Waals surface area contributed by atoms with Gasteiger partial charge in [0.05, 0.1) is 18.0 Å². The normalized spacial score (nSPS) is 11.8. The molecule has 0 unspecified atom stereocenters. The third-order valence-corrected chi connectivity index (χ3v) is 6.54. The van der Waals surface area contributed by atoms with Crippen LogP contribution in [0.15, 0.2) is 34.8 Å². The van der Waals surface area contributed by atoms with E-state index in [0.29, 0.717) is 9.97 Å². The van der Waals surface area contributed by atoms with E-state index in [1.165, 1.54) is 33.4 Å². The van der Waals surface area contributed by atoms with Crippen molar-refractivity contribution in [2.75, 3.05) is 5.73 Å². The third-order valence-electron chi connectivity index (χ3n) is 3.47. The molecule has 0 radical (unpaired) electrons. The van der Waals surface area contributed by atoms with Crippen molar-refractivity contribution >= 4 is 76.9 Å². The minimum Gasteiger partial charge on any atom is -0.383 e. The first-order valence-electron chi connectivity index (χ1n) is 7.51. The Balaban J connectivity index is 0.000000171. The molecule has 0 bridgehead atoms. The molecular weight excluding hydrogens is 608 g/mol. The number of fused-ring (bicyclic) bond motifs is 2. The highest BCUT2D eigenvalue weighted by atomic mass is 127. The van der Waals surface area contributed by atoms with Gasteiger partial charge in [-0.15, -0.1) is 5.10 Å². The molecular formula is C14H7BrF3IN8S2. The first kappa shape index (κ1) is 20.4. The number of pyridine rings is 1. The Bertz CT molecular complexity index is 1280. The quantitative estimate of drug-likeness (QED) is 0.277. The standard InChI is InChI=1S/C10H6F3N5S.C4HBrIN3S/c11-10(12,13)6-3-5(4-16-7(6)14)8-17-18-2-1-15-9(18)19-8;5-3-8-9-2(6)1-7-4(9)10-3/h1-4H,(H2,14,16);1H. The number of anilines is 1. The van der Waals surface area contributed by atoms with Gasteiger partial charge in [-0.3, -0.25) is 0 Å². The molecule has 0 spiro atoms. The number of hydrogen-bond donors (Lipinski definition) is 1. The van der Waals surface area contributed by atoms with Crippen LogP contribution in [0, 0.1) is 3.70 Å². The molecule has 5 aromatic rings. The van der Waals surface area contributed by atoms with Crippen LogP contribution in [-0.2, 0) is 6.18 Å². The van der Waals surface area contributed by atoms with E-state index in [4.69, 9.17) is 5.73 Å². The maximum absolute atomic E-state index is 12.7. The van der Waals surface area contributed by atoms with Gasteiger partial charge >= 0.3 is 6.18 Å². The van der Waals surface area contributed by atoms with E-state index in [2.05, 4.69) is 63.7 Å². The summed E-state index contributed by atoms with van der Waals surface area (Å²) in [5, 5.41) is 8.68. The van der Waals surface area contributed by atoms with Crippen molar-refractivity contribution in [3.63, 3.8) is 0 Å². The van der Waals surface area contributed by atoms with Crippen molar-refractivity contribution in [2.24, 2.45) is 0 Å². The Morgan fingerprint density at radius 1 is 1.07 bits per heavy atom. The maximum atomic E-state index is 12.7. The number of nitrogen functional groups attached to an aromatic ring is 1. The van der Waals surface area contributed by atoms with Crippen molar-refractivity contribution < 1.29 is 13.2 Å². The molecule has 0 aromatic carbocycles. The van der Waals surface area contributed by atoms with Gasteiger partial charge in [0.2, 0.25) is 9.92 Å². The molecule has 0 atom stereocenters. The van der Waals surface area contributed by atoms with Crippen LogP contribution in [0.4, 0.5) is 19.0 Å². The molecule has 2 N–H and O–H groups in total. The van der Waals surface area contributed by atoms with Crippen LogP contribution >= 0.6 is 61.2 Å². The van der Waals surface area contributed by atoms with E-state index >= 15 is 0 Å². The average molecular weight is 615 g/mol. The van der Waals surface area contributed by atoms with Gasteiger partial charge in [-0.1, -0.05) is 22.7 Å². The molecule has 5 heterocycles. The van der Waals surface area contributed by atoms with Crippen LogP contribution in [0.1, 0.15) is 5.56 Å². The number of imidazole rings is 2. The Morgan fingerprint density at radius 2 is 1.86 bits per heavy atom. The number of halogens is 5. The molecule has 15 heteroatoms. The second-order valence-corrected chi connectivity index (χ2v) is 9.64. The third kappa shape index (κ3) is 4.22. The summed E-state index contributed by atoms with van der Waals surface area (Å²) in [6, 6.07) is 0.945. The molecule has 0 aliphatic rings. The number of rotatable bonds is 1. The second kappa shape index (κ2) is 7.77. The zero-order valence-electron chi connectivity index (χ0n) is 13.8. The van der Waals surface area contributed by atoms with Crippen LogP contribution in [0.3, 0.4) is 0 Å². The Labute approximate surface area is 189 Å². The summed E-state index contributed by atoms with van der Waals surface area (Å²) in [5.74, 6) is -0.544. The van der Waals surface area contributed by atoms with Gasteiger partial charge < -0.3 is 5.73 Å². The minimum absolute atomic E-state index is 0.261. The van der Waals surface area contributed by atoms with E-state index in [9.17, 15) is 13.2 Å². The van der Waals surface area contributed by atoms with Crippen LogP contribution in [0.5, 0.6) is 0 Å². The molecule has 150 valence electrons. The summed E-state index contributed by atoms with van der Waals surface area (Å²) >= 11 is 8.17. The van der Waals surface area contributed by atoms with Gasteiger partial charge in [0.25, 0.3) is 0 Å². The molecule has 0 saturated heterocycles. The number of hydrogen-bond acceptors (Lipinski definition) is 8. The lowest BCUT2D eigenvalue weighted by Gasteiger charge is -2.09. The van der Waals surface area contributed by atoms with E-state index < -0.39 is 17.6 Å². The highest BCUT2D eigenvalue weighted by Crippen LogP contribution is 2.35. The first-order chi connectivity index (χ1) is 13.7. The van der Waals surface area contributed by atoms with Crippen molar-refractivity contribution in [3.05, 3.63) is 44.0 Å². The molecule has 5 aromatic heterocycles. The van der Waals surface area contributed by atoms with E-state index in [0.717, 1.165) is 18.6 Å². The van der Waals surface area contributed by atoms with Crippen molar-refractivity contribution in [1.29, 1.82) is 0 Å². The number of aromatic nitrogens is 7. The fourth-order valence-corrected chi connectivity index (χ4v) is 4.89. The Hall–Kier alpha value is -1.85. The van der Waals surface area contributed by atoms with Crippen molar-refractivity contribution in [3.8, 4) is 10.6 Å². The van der Waals surface area contributed by atoms with Crippen LogP contribution < -0.4 is 5.73 Å². The number of alkyl halides is 3. The summed E-state index contributed by atoms with van der Waals surface area (Å²) in [7, 11) is 0. The molecule has 0 amide bonds. The zero-order valence-corrected chi connectivity index (χ0v) is 19.2. The van der Waals surface area contributed by atoms with E-state index in [1.54, 1.807) is 23.1 Å². The first-order valence-corrected chi connectivity index (χ1v) is 11.0. The fourth-order valence-electron chi connectivity index (χ4n) is 2.22. The van der Waals surface area contributed by atoms with Crippen LogP contribution in [0.2, 0.25) is 0 Å². The van der Waals surface area contributed by atoms with Gasteiger partial charge in [-0.05, 0) is 44.6 Å². The Morgan fingerprint density at radius 3 is 2.55 bits per heavy atom. The summed E-state index contributed by atoms with van der Waals surface area (Å²) < 4.78 is 43.4. The number of nitrogens with zero attached hydrogens (tertiary/aromatic N) is 7. The lowest BCUT2D eigenvalue weighted by atomic mass is 10.2. The largest absolute Gasteiger partial charge is 0.419 e. The molecule has 0 aliphatic carbocycles. The SMILES string of the molecule is Brc1nn2c(I)cnc2s1.Nc1ncc(-c2nn3ccnc3s2)cc1C(F)(F)F. The monoisotopic (exact) mass is 614 g/mol. The fraction of sp³-hybridized carbons (Fsp3) is 0.0714. The molecule has 29 heavy (non-hydrogen) atoms. The second-order valence-electron chi connectivity index (χ2n) is 5.35. The van der Waals surface area contributed by atoms with Gasteiger partial charge in [0.15, 0.2) is 3.92 Å². The summed E-state index contributed by atoms with van der Waals surface area (Å²) in [5.41, 5.74) is 4.54. The molecule has 5 rings (SSSR count). The summed E-state index contributed by atoms with van der Waals surface area (Å²) in [6.07, 6.45) is 1.70. The zero-order chi connectivity index (χ0) is 20.8. The summed E-state index contributed by atoms with van der Waals surface area (Å²) in [6.45, 7) is 0. The maximum Gasteiger partial charge on any atom is 0.419 e. The van der Waals surface area contributed by atoms with Crippen LogP contribution in [-0.4, -0.2) is 34.2 Å². The molecule has 0 fully saturated rings. The lowest BCUT2D eigenvalue weighted by Crippen LogP contribution is -2.10. The highest BCUT2D eigenvalue weighted by molar-refractivity contribution is 14.1. The predicted molar refractivity (Wildman–Crippen MR) is 115 cm³/mol. The molecule has 0 aliphatic heterocycles. The molecule has 8 nitrogen and oxygen atoms in total. The van der Waals surface area contributed by atoms with E-state index in [-0.39, 0.29) is 5.56 Å². The van der Waals surface area contributed by atoms with Crippen molar-refractivity contribution in [2.45, 2.75) is 6.18 Å². The Kier molecular flexibility index (Phi) is 5.47. The number of nitrogens with two attached hydrogens (primary N) is 1. The van der Waals surface area contributed by atoms with Gasteiger partial charge in [-0.25, -0.2) is 19.5 Å². The smallest absolute Gasteiger partial charge is 0.383 e. The van der Waals surface area contributed by atoms with Crippen LogP contribution in [0.25, 0.3) is 20.5 Å². The lowest BCUT2D eigenvalue weighted by molar-refractivity contribution is -0.137. The van der Waals surface area contributed by atoms with E-state index in [1.807, 2.05) is 0 Å². The average Bonchev–Trinajstić information content (AvgIpc) is 3.38. The highest BCUT2D eigenvalue weighted by Gasteiger charge is 2.34. The minimum atomic E-state index is -4.54. The van der Waals surface area contributed by atoms with Gasteiger partial charge in [-0.2, -0.15) is 22.8 Å². The van der Waals surface area contributed by atoms with Crippen molar-refractivity contribution in [1.82, 2.24) is 34.2 Å². The topological polar surface area (TPSA) is 99.3 Å². The van der Waals surface area contributed by atoms with Gasteiger partial charge in [0, 0.05) is 18.0 Å².